The summed E-state index contributed by atoms with van der Waals surface area (Å²) >= 11 is 0. The Kier molecular flexibility index (Phi) is 4.89. The van der Waals surface area contributed by atoms with Crippen LogP contribution >= 0.6 is 0 Å². The van der Waals surface area contributed by atoms with Gasteiger partial charge in [-0.2, -0.15) is 9.97 Å². The van der Waals surface area contributed by atoms with E-state index >= 15 is 0 Å². The van der Waals surface area contributed by atoms with Crippen molar-refractivity contribution in [2.75, 3.05) is 0 Å². The number of nitrogens with zero attached hydrogens (tertiary/aromatic N) is 4. The zero-order valence-corrected chi connectivity index (χ0v) is 15.9. The van der Waals surface area contributed by atoms with Crippen molar-refractivity contribution in [3.8, 4) is 28.5 Å². The van der Waals surface area contributed by atoms with Crippen molar-refractivity contribution in [1.82, 2.24) is 20.3 Å². The van der Waals surface area contributed by atoms with Gasteiger partial charge in [-0.1, -0.05) is 48.4 Å². The second-order valence-corrected chi connectivity index (χ2v) is 6.74. The van der Waals surface area contributed by atoms with Gasteiger partial charge in [-0.3, -0.25) is 0 Å². The Balaban J connectivity index is 1.39. The Morgan fingerprint density at radius 1 is 0.821 bits per heavy atom. The smallest absolute Gasteiger partial charge is 0.264 e. The Hall–Kier alpha value is -3.48. The lowest BCUT2D eigenvalue weighted by Gasteiger charge is -2.04. The highest BCUT2D eigenvalue weighted by atomic mass is 16.5. The van der Waals surface area contributed by atoms with E-state index in [4.69, 9.17) is 13.8 Å². The lowest BCUT2D eigenvalue weighted by atomic mass is 10.0. The fourth-order valence-corrected chi connectivity index (χ4v) is 2.71. The van der Waals surface area contributed by atoms with Crippen molar-refractivity contribution < 1.29 is 13.8 Å². The number of aryl methyl sites for hydroxylation is 1. The molecule has 0 fully saturated rings. The van der Waals surface area contributed by atoms with Crippen LogP contribution in [-0.2, 0) is 6.61 Å². The molecule has 0 saturated carbocycles. The highest BCUT2D eigenvalue weighted by Crippen LogP contribution is 2.22. The molecule has 2 aromatic carbocycles. The number of hydrogen-bond donors (Lipinski definition) is 0. The molecule has 0 aliphatic heterocycles. The zero-order valence-electron chi connectivity index (χ0n) is 15.9. The molecule has 4 aromatic rings. The number of aromatic nitrogens is 4. The van der Waals surface area contributed by atoms with E-state index in [9.17, 15) is 0 Å². The van der Waals surface area contributed by atoms with Crippen LogP contribution in [0.3, 0.4) is 0 Å². The summed E-state index contributed by atoms with van der Waals surface area (Å²) in [5, 5.41) is 7.93. The summed E-state index contributed by atoms with van der Waals surface area (Å²) in [6.07, 6.45) is 0. The molecule has 7 heteroatoms. The molecule has 7 nitrogen and oxygen atoms in total. The summed E-state index contributed by atoms with van der Waals surface area (Å²) in [6, 6.07) is 15.6. The number of ether oxygens (including phenoxy) is 1. The number of benzene rings is 2. The van der Waals surface area contributed by atoms with Crippen molar-refractivity contribution >= 4 is 0 Å². The molecule has 28 heavy (non-hydrogen) atoms. The quantitative estimate of drug-likeness (QED) is 0.478. The van der Waals surface area contributed by atoms with E-state index in [-0.39, 0.29) is 6.61 Å². The predicted molar refractivity (Wildman–Crippen MR) is 103 cm³/mol. The molecule has 4 rings (SSSR count). The van der Waals surface area contributed by atoms with Crippen LogP contribution in [0.5, 0.6) is 5.75 Å². The third kappa shape index (κ3) is 3.93. The SMILES string of the molecule is Cc1nc(-c2ccc(OCc3nc(-c4ccc(C(C)C)cc4)no3)cc2)no1. The van der Waals surface area contributed by atoms with Crippen LogP contribution in [0.25, 0.3) is 22.8 Å². The second-order valence-electron chi connectivity index (χ2n) is 6.74. The van der Waals surface area contributed by atoms with E-state index in [2.05, 4.69) is 46.3 Å². The fourth-order valence-electron chi connectivity index (χ4n) is 2.71. The molecule has 0 atom stereocenters. The Morgan fingerprint density at radius 3 is 2.04 bits per heavy atom. The lowest BCUT2D eigenvalue weighted by Crippen LogP contribution is -1.96. The molecule has 2 aromatic heterocycles. The molecule has 0 unspecified atom stereocenters. The monoisotopic (exact) mass is 376 g/mol. The first-order valence-corrected chi connectivity index (χ1v) is 9.05. The standard InChI is InChI=1S/C21H20N4O3/c1-13(2)15-4-6-16(7-5-15)21-23-19(28-25-21)12-26-18-10-8-17(9-11-18)20-22-14(3)27-24-20/h4-11,13H,12H2,1-3H3. The van der Waals surface area contributed by atoms with Gasteiger partial charge in [-0.05, 0) is 35.7 Å². The molecule has 0 radical (unpaired) electrons. The van der Waals surface area contributed by atoms with Crippen LogP contribution in [0.2, 0.25) is 0 Å². The van der Waals surface area contributed by atoms with E-state index in [1.54, 1.807) is 6.92 Å². The summed E-state index contributed by atoms with van der Waals surface area (Å²) in [6.45, 7) is 6.27. The molecule has 0 aliphatic carbocycles. The molecule has 0 saturated heterocycles. The second kappa shape index (κ2) is 7.64. The van der Waals surface area contributed by atoms with Gasteiger partial charge in [0.2, 0.25) is 17.5 Å². The molecular formula is C21H20N4O3. The van der Waals surface area contributed by atoms with E-state index in [1.807, 2.05) is 36.4 Å². The third-order valence-corrected chi connectivity index (χ3v) is 4.31. The van der Waals surface area contributed by atoms with Gasteiger partial charge < -0.3 is 13.8 Å². The van der Waals surface area contributed by atoms with Crippen molar-refractivity contribution in [3.05, 3.63) is 65.9 Å². The lowest BCUT2D eigenvalue weighted by molar-refractivity contribution is 0.243. The molecule has 142 valence electrons. The van der Waals surface area contributed by atoms with Crippen LogP contribution in [0, 0.1) is 6.92 Å². The molecule has 0 bridgehead atoms. The van der Waals surface area contributed by atoms with Gasteiger partial charge in [0.25, 0.3) is 5.89 Å². The van der Waals surface area contributed by atoms with Crippen LogP contribution in [0.1, 0.15) is 37.1 Å². The van der Waals surface area contributed by atoms with Crippen molar-refractivity contribution in [2.24, 2.45) is 0 Å². The normalized spacial score (nSPS) is 11.1. The van der Waals surface area contributed by atoms with Gasteiger partial charge in [0.15, 0.2) is 6.61 Å². The maximum Gasteiger partial charge on any atom is 0.264 e. The highest BCUT2D eigenvalue weighted by Gasteiger charge is 2.11. The largest absolute Gasteiger partial charge is 0.484 e. The maximum atomic E-state index is 5.73. The highest BCUT2D eigenvalue weighted by molar-refractivity contribution is 5.56. The molecular weight excluding hydrogens is 356 g/mol. The number of hydrogen-bond acceptors (Lipinski definition) is 7. The van der Waals surface area contributed by atoms with Gasteiger partial charge in [0.1, 0.15) is 5.75 Å². The van der Waals surface area contributed by atoms with E-state index in [1.165, 1.54) is 5.56 Å². The zero-order chi connectivity index (χ0) is 19.5. The number of rotatable bonds is 6. The average Bonchev–Trinajstić information content (AvgIpc) is 3.36. The van der Waals surface area contributed by atoms with Crippen LogP contribution < -0.4 is 4.74 Å². The van der Waals surface area contributed by atoms with Crippen LogP contribution in [-0.4, -0.2) is 20.3 Å². The summed E-state index contributed by atoms with van der Waals surface area (Å²) in [7, 11) is 0. The third-order valence-electron chi connectivity index (χ3n) is 4.31. The minimum atomic E-state index is 0.192. The first kappa shape index (κ1) is 17.9. The van der Waals surface area contributed by atoms with Crippen LogP contribution in [0.4, 0.5) is 0 Å². The van der Waals surface area contributed by atoms with E-state index in [0.717, 1.165) is 11.1 Å². The van der Waals surface area contributed by atoms with Crippen molar-refractivity contribution in [2.45, 2.75) is 33.3 Å². The molecule has 0 amide bonds. The topological polar surface area (TPSA) is 87.1 Å². The minimum Gasteiger partial charge on any atom is -0.484 e. The van der Waals surface area contributed by atoms with Gasteiger partial charge >= 0.3 is 0 Å². The fraction of sp³-hybridized carbons (Fsp3) is 0.238. The van der Waals surface area contributed by atoms with Crippen molar-refractivity contribution in [3.63, 3.8) is 0 Å². The van der Waals surface area contributed by atoms with Gasteiger partial charge in [0, 0.05) is 18.1 Å². The van der Waals surface area contributed by atoms with Gasteiger partial charge in [-0.25, -0.2) is 0 Å². The van der Waals surface area contributed by atoms with Gasteiger partial charge in [0.05, 0.1) is 0 Å². The summed E-state index contributed by atoms with van der Waals surface area (Å²) in [5.41, 5.74) is 3.04. The first-order chi connectivity index (χ1) is 13.6. The summed E-state index contributed by atoms with van der Waals surface area (Å²) in [5.74, 6) is 3.22. The summed E-state index contributed by atoms with van der Waals surface area (Å²) < 4.78 is 16.0. The van der Waals surface area contributed by atoms with E-state index < -0.39 is 0 Å². The Morgan fingerprint density at radius 2 is 1.43 bits per heavy atom. The molecule has 0 aliphatic rings. The Bertz CT molecular complexity index is 1050. The van der Waals surface area contributed by atoms with Gasteiger partial charge in [-0.15, -0.1) is 0 Å². The molecule has 0 spiro atoms. The first-order valence-electron chi connectivity index (χ1n) is 9.05. The Labute approximate surface area is 162 Å². The predicted octanol–water partition coefficient (Wildman–Crippen LogP) is 4.80. The molecule has 0 N–H and O–H groups in total. The maximum absolute atomic E-state index is 5.73. The molecule has 2 heterocycles. The average molecular weight is 376 g/mol. The van der Waals surface area contributed by atoms with Crippen LogP contribution in [0.15, 0.2) is 57.6 Å². The van der Waals surface area contributed by atoms with Crippen molar-refractivity contribution in [1.29, 1.82) is 0 Å². The minimum absolute atomic E-state index is 0.192. The summed E-state index contributed by atoms with van der Waals surface area (Å²) in [4.78, 5) is 8.60. The van der Waals surface area contributed by atoms with E-state index in [0.29, 0.717) is 35.1 Å².